The summed E-state index contributed by atoms with van der Waals surface area (Å²) >= 11 is 3.46. The van der Waals surface area contributed by atoms with Crippen molar-refractivity contribution in [1.29, 1.82) is 0 Å². The quantitative estimate of drug-likeness (QED) is 0.825. The lowest BCUT2D eigenvalue weighted by atomic mass is 10.1. The van der Waals surface area contributed by atoms with E-state index in [1.165, 1.54) is 0 Å². The molecule has 0 fully saturated rings. The summed E-state index contributed by atoms with van der Waals surface area (Å²) in [5.74, 6) is 0.827. The highest BCUT2D eigenvalue weighted by Gasteiger charge is 2.13. The predicted molar refractivity (Wildman–Crippen MR) is 77.7 cm³/mol. The van der Waals surface area contributed by atoms with Crippen LogP contribution >= 0.6 is 15.9 Å². The van der Waals surface area contributed by atoms with E-state index in [1.807, 2.05) is 12.1 Å². The van der Waals surface area contributed by atoms with Gasteiger partial charge in [0.05, 0.1) is 22.5 Å². The molecule has 0 spiro atoms. The Morgan fingerprint density at radius 1 is 1.35 bits per heavy atom. The van der Waals surface area contributed by atoms with Crippen molar-refractivity contribution < 1.29 is 4.74 Å². The number of nitrogen functional groups attached to an aromatic ring is 1. The molecule has 0 aliphatic heterocycles. The Kier molecular flexibility index (Phi) is 4.69. The Morgan fingerprint density at radius 3 is 2.53 bits per heavy atom. The molecule has 0 unspecified atom stereocenters. The number of anilines is 2. The highest BCUT2D eigenvalue weighted by molar-refractivity contribution is 9.10. The van der Waals surface area contributed by atoms with Gasteiger partial charge in [-0.15, -0.1) is 0 Å². The molecule has 0 bridgehead atoms. The fourth-order valence-electron chi connectivity index (χ4n) is 1.40. The SMILES string of the molecule is CCCOc1cc(NC(C)(C)C)c(N)cc1Br. The predicted octanol–water partition coefficient (Wildman–Crippen LogP) is 4.03. The number of nitrogens with two attached hydrogens (primary N) is 1. The molecule has 3 nitrogen and oxygen atoms in total. The van der Waals surface area contributed by atoms with E-state index >= 15 is 0 Å². The monoisotopic (exact) mass is 300 g/mol. The van der Waals surface area contributed by atoms with Gasteiger partial charge < -0.3 is 15.8 Å². The van der Waals surface area contributed by atoms with Crippen LogP contribution in [0.5, 0.6) is 5.75 Å². The van der Waals surface area contributed by atoms with Crippen molar-refractivity contribution in [2.75, 3.05) is 17.7 Å². The summed E-state index contributed by atoms with van der Waals surface area (Å²) in [5.41, 5.74) is 7.58. The van der Waals surface area contributed by atoms with E-state index in [2.05, 4.69) is 48.9 Å². The van der Waals surface area contributed by atoms with E-state index in [4.69, 9.17) is 10.5 Å². The van der Waals surface area contributed by atoms with E-state index in [-0.39, 0.29) is 5.54 Å². The van der Waals surface area contributed by atoms with Gasteiger partial charge in [-0.1, -0.05) is 6.92 Å². The fraction of sp³-hybridized carbons (Fsp3) is 0.538. The first-order valence-corrected chi connectivity index (χ1v) is 6.63. The molecule has 0 aliphatic carbocycles. The van der Waals surface area contributed by atoms with Gasteiger partial charge in [-0.25, -0.2) is 0 Å². The van der Waals surface area contributed by atoms with Crippen LogP contribution in [0.3, 0.4) is 0 Å². The molecule has 1 aromatic rings. The van der Waals surface area contributed by atoms with Gasteiger partial charge in [0, 0.05) is 11.6 Å². The second-order valence-corrected chi connectivity index (χ2v) is 5.95. The molecule has 0 atom stereocenters. The minimum absolute atomic E-state index is 0.0238. The standard InChI is InChI=1S/C13H21BrN2O/c1-5-6-17-12-8-11(16-13(2,3)4)10(15)7-9(12)14/h7-8,16H,5-6,15H2,1-4H3. The molecule has 0 heterocycles. The number of halogens is 1. The van der Waals surface area contributed by atoms with Crippen molar-refractivity contribution in [3.8, 4) is 5.75 Å². The lowest BCUT2D eigenvalue weighted by Crippen LogP contribution is -2.26. The molecular weight excluding hydrogens is 280 g/mol. The first-order chi connectivity index (χ1) is 7.83. The van der Waals surface area contributed by atoms with Gasteiger partial charge >= 0.3 is 0 Å². The lowest BCUT2D eigenvalue weighted by molar-refractivity contribution is 0.315. The molecule has 3 N–H and O–H groups in total. The van der Waals surface area contributed by atoms with Gasteiger partial charge in [-0.05, 0) is 49.2 Å². The van der Waals surface area contributed by atoms with Gasteiger partial charge in [0.25, 0.3) is 0 Å². The fourth-order valence-corrected chi connectivity index (χ4v) is 1.88. The molecule has 1 aromatic carbocycles. The zero-order valence-electron chi connectivity index (χ0n) is 10.9. The van der Waals surface area contributed by atoms with Crippen LogP contribution in [0.15, 0.2) is 16.6 Å². The maximum Gasteiger partial charge on any atom is 0.135 e. The summed E-state index contributed by atoms with van der Waals surface area (Å²) in [7, 11) is 0. The van der Waals surface area contributed by atoms with Crippen LogP contribution in [0, 0.1) is 0 Å². The van der Waals surface area contributed by atoms with E-state index in [0.29, 0.717) is 6.61 Å². The summed E-state index contributed by atoms with van der Waals surface area (Å²) in [4.78, 5) is 0. The Morgan fingerprint density at radius 2 is 2.00 bits per heavy atom. The van der Waals surface area contributed by atoms with Crippen LogP contribution < -0.4 is 15.8 Å². The minimum atomic E-state index is -0.0238. The molecular formula is C13H21BrN2O. The third kappa shape index (κ3) is 4.46. The Balaban J connectivity index is 2.97. The molecule has 4 heteroatoms. The average molecular weight is 301 g/mol. The van der Waals surface area contributed by atoms with Crippen LogP contribution in [0.25, 0.3) is 0 Å². The topological polar surface area (TPSA) is 47.3 Å². The number of nitrogens with one attached hydrogen (secondary N) is 1. The summed E-state index contributed by atoms with van der Waals surface area (Å²) in [5, 5.41) is 3.37. The molecule has 0 aromatic heterocycles. The molecule has 0 radical (unpaired) electrons. The Bertz CT molecular complexity index is 386. The normalized spacial score (nSPS) is 11.4. The van der Waals surface area contributed by atoms with E-state index < -0.39 is 0 Å². The van der Waals surface area contributed by atoms with Crippen LogP contribution in [0.1, 0.15) is 34.1 Å². The van der Waals surface area contributed by atoms with E-state index in [9.17, 15) is 0 Å². The van der Waals surface area contributed by atoms with Crippen molar-refractivity contribution >= 4 is 27.3 Å². The van der Waals surface area contributed by atoms with Crippen molar-refractivity contribution in [3.63, 3.8) is 0 Å². The molecule has 17 heavy (non-hydrogen) atoms. The maximum absolute atomic E-state index is 5.98. The van der Waals surface area contributed by atoms with E-state index in [0.717, 1.165) is 28.0 Å². The van der Waals surface area contributed by atoms with Crippen molar-refractivity contribution in [3.05, 3.63) is 16.6 Å². The largest absolute Gasteiger partial charge is 0.492 e. The highest BCUT2D eigenvalue weighted by Crippen LogP contribution is 2.34. The van der Waals surface area contributed by atoms with Gasteiger partial charge in [-0.2, -0.15) is 0 Å². The number of hydrogen-bond donors (Lipinski definition) is 2. The highest BCUT2D eigenvalue weighted by atomic mass is 79.9. The first-order valence-electron chi connectivity index (χ1n) is 5.83. The summed E-state index contributed by atoms with van der Waals surface area (Å²) in [6, 6.07) is 3.82. The second kappa shape index (κ2) is 5.63. The average Bonchev–Trinajstić information content (AvgIpc) is 2.18. The van der Waals surface area contributed by atoms with E-state index in [1.54, 1.807) is 0 Å². The van der Waals surface area contributed by atoms with Crippen LogP contribution in [-0.2, 0) is 0 Å². The summed E-state index contributed by atoms with van der Waals surface area (Å²) < 4.78 is 6.55. The van der Waals surface area contributed by atoms with Crippen molar-refractivity contribution in [1.82, 2.24) is 0 Å². The third-order valence-electron chi connectivity index (χ3n) is 2.08. The number of rotatable bonds is 4. The molecule has 96 valence electrons. The minimum Gasteiger partial charge on any atom is -0.492 e. The molecule has 1 rings (SSSR count). The van der Waals surface area contributed by atoms with Gasteiger partial charge in [-0.3, -0.25) is 0 Å². The molecule has 0 aliphatic rings. The van der Waals surface area contributed by atoms with Crippen LogP contribution in [0.4, 0.5) is 11.4 Å². The summed E-state index contributed by atoms with van der Waals surface area (Å²) in [6.07, 6.45) is 0.985. The first kappa shape index (κ1) is 14.2. The Hall–Kier alpha value is -0.900. The maximum atomic E-state index is 5.98. The zero-order valence-corrected chi connectivity index (χ0v) is 12.5. The number of hydrogen-bond acceptors (Lipinski definition) is 3. The van der Waals surface area contributed by atoms with Crippen molar-refractivity contribution in [2.24, 2.45) is 0 Å². The molecule has 0 amide bonds. The Labute approximate surface area is 112 Å². The third-order valence-corrected chi connectivity index (χ3v) is 2.70. The lowest BCUT2D eigenvalue weighted by Gasteiger charge is -2.24. The van der Waals surface area contributed by atoms with Gasteiger partial charge in [0.1, 0.15) is 5.75 Å². The summed E-state index contributed by atoms with van der Waals surface area (Å²) in [6.45, 7) is 9.08. The van der Waals surface area contributed by atoms with Crippen LogP contribution in [-0.4, -0.2) is 12.1 Å². The number of benzene rings is 1. The van der Waals surface area contributed by atoms with Crippen LogP contribution in [0.2, 0.25) is 0 Å². The van der Waals surface area contributed by atoms with Gasteiger partial charge in [0.15, 0.2) is 0 Å². The van der Waals surface area contributed by atoms with Gasteiger partial charge in [0.2, 0.25) is 0 Å². The molecule has 0 saturated heterocycles. The molecule has 0 saturated carbocycles. The smallest absolute Gasteiger partial charge is 0.135 e. The van der Waals surface area contributed by atoms with Crippen molar-refractivity contribution in [2.45, 2.75) is 39.7 Å². The zero-order chi connectivity index (χ0) is 13.1. The number of ether oxygens (including phenoxy) is 1. The second-order valence-electron chi connectivity index (χ2n) is 5.09.